The maximum atomic E-state index is 11.8. The molecule has 1 aromatic carbocycles. The Morgan fingerprint density at radius 1 is 1.56 bits per heavy atom. The summed E-state index contributed by atoms with van der Waals surface area (Å²) in [6.45, 7) is 6.36. The molecule has 0 bridgehead atoms. The van der Waals surface area contributed by atoms with Gasteiger partial charge in [-0.2, -0.15) is 0 Å². The summed E-state index contributed by atoms with van der Waals surface area (Å²) in [4.78, 5) is 11.8. The van der Waals surface area contributed by atoms with Gasteiger partial charge in [-0.15, -0.1) is 0 Å². The van der Waals surface area contributed by atoms with Crippen LogP contribution < -0.4 is 10.1 Å². The van der Waals surface area contributed by atoms with E-state index in [0.29, 0.717) is 23.8 Å². The smallest absolute Gasteiger partial charge is 0.268 e. The Morgan fingerprint density at radius 2 is 2.33 bits per heavy atom. The third-order valence-electron chi connectivity index (χ3n) is 3.29. The van der Waals surface area contributed by atoms with Gasteiger partial charge in [0.1, 0.15) is 11.5 Å². The molecule has 0 saturated heterocycles. The maximum Gasteiger partial charge on any atom is 0.268 e. The molecule has 0 unspecified atom stereocenters. The number of hydrogen-bond acceptors (Lipinski definition) is 3. The number of carbonyl (C=O) groups excluding carboxylic acids is 1. The van der Waals surface area contributed by atoms with E-state index in [9.17, 15) is 4.79 Å². The van der Waals surface area contributed by atoms with E-state index >= 15 is 0 Å². The van der Waals surface area contributed by atoms with Crippen LogP contribution in [0.2, 0.25) is 0 Å². The van der Waals surface area contributed by atoms with Gasteiger partial charge in [-0.25, -0.2) is 0 Å². The van der Waals surface area contributed by atoms with E-state index in [1.54, 1.807) is 0 Å². The lowest BCUT2D eigenvalue weighted by molar-refractivity contribution is -0.125. The summed E-state index contributed by atoms with van der Waals surface area (Å²) in [6.07, 6.45) is 1.57. The van der Waals surface area contributed by atoms with Crippen molar-refractivity contribution in [2.75, 3.05) is 11.9 Å². The van der Waals surface area contributed by atoms with Gasteiger partial charge in [0.05, 0.1) is 12.3 Å². The van der Waals surface area contributed by atoms with Crippen LogP contribution in [0.4, 0.5) is 5.69 Å². The highest BCUT2D eigenvalue weighted by Crippen LogP contribution is 2.47. The average molecular weight is 245 g/mol. The van der Waals surface area contributed by atoms with Crippen molar-refractivity contribution in [1.29, 1.82) is 0 Å². The standard InChI is InChI=1S/C14H15NO3/c1-3-17-9(2)10-4-5-11-12(8-10)18-14(6-7-14)13(16)15-11/h4-5,8H,2-3,6-7H2,1H3,(H,15,16). The topological polar surface area (TPSA) is 47.6 Å². The van der Waals surface area contributed by atoms with Crippen molar-refractivity contribution in [2.24, 2.45) is 0 Å². The highest BCUT2D eigenvalue weighted by Gasteiger charge is 2.55. The van der Waals surface area contributed by atoms with Crippen molar-refractivity contribution < 1.29 is 14.3 Å². The lowest BCUT2D eigenvalue weighted by Gasteiger charge is -2.26. The second kappa shape index (κ2) is 3.77. The molecule has 4 heteroatoms. The lowest BCUT2D eigenvalue weighted by atomic mass is 10.1. The van der Waals surface area contributed by atoms with E-state index in [-0.39, 0.29) is 5.91 Å². The number of rotatable bonds is 3. The molecule has 94 valence electrons. The number of carbonyl (C=O) groups is 1. The molecule has 0 aromatic heterocycles. The fourth-order valence-corrected chi connectivity index (χ4v) is 2.08. The zero-order chi connectivity index (χ0) is 12.8. The Kier molecular flexibility index (Phi) is 2.33. The van der Waals surface area contributed by atoms with E-state index in [1.165, 1.54) is 0 Å². The Balaban J connectivity index is 1.91. The Labute approximate surface area is 106 Å². The summed E-state index contributed by atoms with van der Waals surface area (Å²) >= 11 is 0. The first-order valence-corrected chi connectivity index (χ1v) is 6.11. The molecule has 0 radical (unpaired) electrons. The molecule has 2 aliphatic rings. The lowest BCUT2D eigenvalue weighted by Crippen LogP contribution is -2.39. The summed E-state index contributed by atoms with van der Waals surface area (Å²) in [6, 6.07) is 5.56. The quantitative estimate of drug-likeness (QED) is 0.832. The molecule has 1 aliphatic carbocycles. The summed E-state index contributed by atoms with van der Waals surface area (Å²) in [5.74, 6) is 1.28. The Hall–Kier alpha value is -1.97. The van der Waals surface area contributed by atoms with Crippen molar-refractivity contribution in [3.05, 3.63) is 30.3 Å². The zero-order valence-electron chi connectivity index (χ0n) is 10.3. The third-order valence-corrected chi connectivity index (χ3v) is 3.29. The molecule has 3 rings (SSSR count). The summed E-state index contributed by atoms with van der Waals surface area (Å²) in [5.41, 5.74) is 0.978. The number of anilines is 1. The highest BCUT2D eigenvalue weighted by atomic mass is 16.5. The number of fused-ring (bicyclic) bond motifs is 1. The number of nitrogens with one attached hydrogen (secondary N) is 1. The molecule has 1 spiro atoms. The SMILES string of the molecule is C=C(OCC)c1ccc2c(c1)OC1(CC1)C(=O)N2. The number of benzene rings is 1. The summed E-state index contributed by atoms with van der Waals surface area (Å²) in [7, 11) is 0. The van der Waals surface area contributed by atoms with Crippen LogP contribution in [0.5, 0.6) is 5.75 Å². The van der Waals surface area contributed by atoms with Crippen LogP contribution in [-0.4, -0.2) is 18.1 Å². The third kappa shape index (κ3) is 1.65. The van der Waals surface area contributed by atoms with Crippen LogP contribution in [-0.2, 0) is 9.53 Å². The minimum Gasteiger partial charge on any atom is -0.494 e. The number of hydrogen-bond donors (Lipinski definition) is 1. The molecule has 18 heavy (non-hydrogen) atoms. The average Bonchev–Trinajstić information content (AvgIpc) is 3.11. The van der Waals surface area contributed by atoms with Crippen molar-refractivity contribution in [3.8, 4) is 5.75 Å². The van der Waals surface area contributed by atoms with Gasteiger partial charge in [0.15, 0.2) is 5.60 Å². The predicted molar refractivity (Wildman–Crippen MR) is 68.3 cm³/mol. The van der Waals surface area contributed by atoms with Gasteiger partial charge in [0.25, 0.3) is 5.91 Å². The van der Waals surface area contributed by atoms with Crippen LogP contribution in [0, 0.1) is 0 Å². The van der Waals surface area contributed by atoms with E-state index in [2.05, 4.69) is 11.9 Å². The largest absolute Gasteiger partial charge is 0.494 e. The second-order valence-corrected chi connectivity index (χ2v) is 4.62. The molecule has 1 fully saturated rings. The number of amides is 1. The van der Waals surface area contributed by atoms with Crippen molar-refractivity contribution >= 4 is 17.4 Å². The molecule has 4 nitrogen and oxygen atoms in total. The van der Waals surface area contributed by atoms with Crippen LogP contribution in [0.25, 0.3) is 5.76 Å². The van der Waals surface area contributed by atoms with Crippen LogP contribution in [0.3, 0.4) is 0 Å². The van der Waals surface area contributed by atoms with Gasteiger partial charge in [-0.1, -0.05) is 6.58 Å². The summed E-state index contributed by atoms with van der Waals surface area (Å²) < 4.78 is 11.2. The first kappa shape index (κ1) is 11.1. The van der Waals surface area contributed by atoms with Crippen molar-refractivity contribution in [2.45, 2.75) is 25.4 Å². The maximum absolute atomic E-state index is 11.8. The molecular formula is C14H15NO3. The fourth-order valence-electron chi connectivity index (χ4n) is 2.08. The fraction of sp³-hybridized carbons (Fsp3) is 0.357. The first-order valence-electron chi connectivity index (χ1n) is 6.11. The second-order valence-electron chi connectivity index (χ2n) is 4.62. The van der Waals surface area contributed by atoms with Crippen LogP contribution in [0.1, 0.15) is 25.3 Å². The minimum atomic E-state index is -0.613. The van der Waals surface area contributed by atoms with Crippen molar-refractivity contribution in [1.82, 2.24) is 0 Å². The van der Waals surface area contributed by atoms with Gasteiger partial charge in [-0.05, 0) is 25.1 Å². The molecule has 1 aliphatic heterocycles. The van der Waals surface area contributed by atoms with Gasteiger partial charge >= 0.3 is 0 Å². The molecule has 0 atom stereocenters. The normalized spacial score (nSPS) is 18.6. The highest BCUT2D eigenvalue weighted by molar-refractivity contribution is 6.02. The Bertz CT molecular complexity index is 532. The Morgan fingerprint density at radius 3 is 3.00 bits per heavy atom. The molecule has 1 amide bonds. The first-order chi connectivity index (χ1) is 8.64. The zero-order valence-corrected chi connectivity index (χ0v) is 10.3. The van der Waals surface area contributed by atoms with E-state index in [1.807, 2.05) is 25.1 Å². The van der Waals surface area contributed by atoms with Gasteiger partial charge in [0, 0.05) is 18.4 Å². The number of ether oxygens (including phenoxy) is 2. The molecule has 1 N–H and O–H groups in total. The molecule has 1 aromatic rings. The van der Waals surface area contributed by atoms with Gasteiger partial charge < -0.3 is 14.8 Å². The molecule has 1 saturated carbocycles. The van der Waals surface area contributed by atoms with E-state index < -0.39 is 5.60 Å². The van der Waals surface area contributed by atoms with Crippen LogP contribution >= 0.6 is 0 Å². The van der Waals surface area contributed by atoms with E-state index in [0.717, 1.165) is 18.4 Å². The van der Waals surface area contributed by atoms with Crippen LogP contribution in [0.15, 0.2) is 24.8 Å². The monoisotopic (exact) mass is 245 g/mol. The van der Waals surface area contributed by atoms with Gasteiger partial charge in [-0.3, -0.25) is 4.79 Å². The molecule has 1 heterocycles. The summed E-state index contributed by atoms with van der Waals surface area (Å²) in [5, 5.41) is 2.88. The minimum absolute atomic E-state index is 0.0358. The van der Waals surface area contributed by atoms with E-state index in [4.69, 9.17) is 9.47 Å². The van der Waals surface area contributed by atoms with Crippen molar-refractivity contribution in [3.63, 3.8) is 0 Å². The van der Waals surface area contributed by atoms with Gasteiger partial charge in [0.2, 0.25) is 0 Å². The molecular weight excluding hydrogens is 230 g/mol. The predicted octanol–water partition coefficient (Wildman–Crippen LogP) is 2.56.